The van der Waals surface area contributed by atoms with E-state index < -0.39 is 0 Å². The van der Waals surface area contributed by atoms with Gasteiger partial charge in [-0.3, -0.25) is 0 Å². The van der Waals surface area contributed by atoms with Crippen LogP contribution in [-0.2, 0) is 10.2 Å². The van der Waals surface area contributed by atoms with Crippen molar-refractivity contribution in [3.63, 3.8) is 0 Å². The highest BCUT2D eigenvalue weighted by molar-refractivity contribution is 5.80. The minimum Gasteiger partial charge on any atom is -0.371 e. The van der Waals surface area contributed by atoms with Crippen molar-refractivity contribution >= 4 is 28.4 Å². The number of nitrogens with zero attached hydrogens (tertiary/aromatic N) is 2. The summed E-state index contributed by atoms with van der Waals surface area (Å²) in [4.78, 5) is 4.89. The maximum Gasteiger partial charge on any atom is 0.0843 e. The van der Waals surface area contributed by atoms with Crippen LogP contribution in [-0.4, -0.2) is 18.8 Å². The molecule has 1 heterocycles. The van der Waals surface area contributed by atoms with E-state index in [-0.39, 0.29) is 17.6 Å². The average Bonchev–Trinajstić information content (AvgIpc) is 3.42. The quantitative estimate of drug-likeness (QED) is 0.221. The Morgan fingerprint density at radius 2 is 1.33 bits per heavy atom. The average molecular weight is 569 g/mol. The smallest absolute Gasteiger partial charge is 0.0843 e. The minimum atomic E-state index is 0.0962. The van der Waals surface area contributed by atoms with Gasteiger partial charge in [-0.25, -0.2) is 0 Å². The standard InChI is InChI=1S/C40H44N2O/c1-28(2)30-16-20-33(21-17-30)41(34-22-18-31(19-23-34)40(4,5)6)35-24-29(3)25-36(26-35)42(32-12-8-7-9-13-32)38-27-43-39-15-11-10-14-37(38)39/h7-26,28,37-39H,27H2,1-6H3. The SMILES string of the molecule is Cc1cc(N(c2ccc(C(C)C)cc2)c2ccc(C(C)(C)C)cc2)cc(N(c2ccccc2)C2COC3C=CC=CC32)c1. The summed E-state index contributed by atoms with van der Waals surface area (Å²) in [6.07, 6.45) is 8.89. The predicted octanol–water partition coefficient (Wildman–Crippen LogP) is 10.5. The molecular formula is C40H44N2O. The van der Waals surface area contributed by atoms with Gasteiger partial charge in [-0.05, 0) is 89.5 Å². The first-order valence-electron chi connectivity index (χ1n) is 15.6. The summed E-state index contributed by atoms with van der Waals surface area (Å²) in [7, 11) is 0. The fourth-order valence-corrected chi connectivity index (χ4v) is 6.38. The number of rotatable bonds is 7. The number of ether oxygens (including phenoxy) is 1. The van der Waals surface area contributed by atoms with Crippen molar-refractivity contribution in [1.29, 1.82) is 0 Å². The van der Waals surface area contributed by atoms with E-state index in [9.17, 15) is 0 Å². The zero-order valence-electron chi connectivity index (χ0n) is 26.4. The van der Waals surface area contributed by atoms with Crippen LogP contribution < -0.4 is 9.80 Å². The zero-order chi connectivity index (χ0) is 30.1. The van der Waals surface area contributed by atoms with Crippen LogP contribution in [0.2, 0.25) is 0 Å². The molecule has 3 atom stereocenters. The Labute approximate surface area is 258 Å². The van der Waals surface area contributed by atoms with Gasteiger partial charge in [0.2, 0.25) is 0 Å². The Balaban J connectivity index is 1.48. The van der Waals surface area contributed by atoms with Gasteiger partial charge in [0.15, 0.2) is 0 Å². The van der Waals surface area contributed by atoms with E-state index in [2.05, 4.69) is 173 Å². The molecule has 43 heavy (non-hydrogen) atoms. The Morgan fingerprint density at radius 3 is 1.98 bits per heavy atom. The Kier molecular flexibility index (Phi) is 8.03. The van der Waals surface area contributed by atoms with Gasteiger partial charge < -0.3 is 14.5 Å². The first kappa shape index (κ1) is 29.0. The maximum atomic E-state index is 6.32. The molecule has 4 aromatic rings. The van der Waals surface area contributed by atoms with Gasteiger partial charge in [-0.1, -0.05) is 101 Å². The van der Waals surface area contributed by atoms with E-state index in [1.54, 1.807) is 0 Å². The number of hydrogen-bond donors (Lipinski definition) is 0. The van der Waals surface area contributed by atoms with Crippen LogP contribution in [0.25, 0.3) is 0 Å². The van der Waals surface area contributed by atoms with E-state index in [1.165, 1.54) is 28.1 Å². The number of allylic oxidation sites excluding steroid dienone is 2. The van der Waals surface area contributed by atoms with Crippen molar-refractivity contribution in [3.8, 4) is 0 Å². The number of aryl methyl sites for hydroxylation is 1. The molecular weight excluding hydrogens is 524 g/mol. The van der Waals surface area contributed by atoms with E-state index >= 15 is 0 Å². The van der Waals surface area contributed by atoms with Crippen LogP contribution in [0.4, 0.5) is 28.4 Å². The molecule has 1 aliphatic carbocycles. The summed E-state index contributed by atoms with van der Waals surface area (Å²) in [5, 5.41) is 0. The predicted molar refractivity (Wildman–Crippen MR) is 183 cm³/mol. The van der Waals surface area contributed by atoms with Gasteiger partial charge in [-0.15, -0.1) is 0 Å². The zero-order valence-corrected chi connectivity index (χ0v) is 26.4. The molecule has 0 bridgehead atoms. The summed E-state index contributed by atoms with van der Waals surface area (Å²) in [5.74, 6) is 0.776. The summed E-state index contributed by atoms with van der Waals surface area (Å²) < 4.78 is 6.32. The molecule has 0 amide bonds. The van der Waals surface area contributed by atoms with Crippen LogP contribution >= 0.6 is 0 Å². The van der Waals surface area contributed by atoms with Crippen LogP contribution in [0.1, 0.15) is 57.2 Å². The molecule has 0 spiro atoms. The van der Waals surface area contributed by atoms with Crippen LogP contribution in [0, 0.1) is 12.8 Å². The third-order valence-corrected chi connectivity index (χ3v) is 8.79. The molecule has 1 saturated heterocycles. The Bertz CT molecular complexity index is 1590. The lowest BCUT2D eigenvalue weighted by Crippen LogP contribution is -2.38. The van der Waals surface area contributed by atoms with Gasteiger partial charge in [0.1, 0.15) is 0 Å². The van der Waals surface area contributed by atoms with E-state index in [0.717, 1.165) is 17.1 Å². The van der Waals surface area contributed by atoms with E-state index in [4.69, 9.17) is 4.74 Å². The Morgan fingerprint density at radius 1 is 0.698 bits per heavy atom. The number of fused-ring (bicyclic) bond motifs is 1. The van der Waals surface area contributed by atoms with Crippen molar-refractivity contribution in [2.24, 2.45) is 5.92 Å². The van der Waals surface area contributed by atoms with Crippen molar-refractivity contribution in [3.05, 3.63) is 138 Å². The third kappa shape index (κ3) is 6.05. The van der Waals surface area contributed by atoms with Crippen LogP contribution in [0.3, 0.4) is 0 Å². The molecule has 3 unspecified atom stereocenters. The van der Waals surface area contributed by atoms with Gasteiger partial charge in [0.25, 0.3) is 0 Å². The van der Waals surface area contributed by atoms with Gasteiger partial charge in [0.05, 0.1) is 18.8 Å². The summed E-state index contributed by atoms with van der Waals surface area (Å²) in [6, 6.07) is 36.1. The highest BCUT2D eigenvalue weighted by Crippen LogP contribution is 2.42. The first-order chi connectivity index (χ1) is 20.7. The lowest BCUT2D eigenvalue weighted by atomic mass is 9.87. The second kappa shape index (κ2) is 11.9. The maximum absolute atomic E-state index is 6.32. The molecule has 1 fully saturated rings. The first-order valence-corrected chi connectivity index (χ1v) is 15.6. The molecule has 4 aromatic carbocycles. The van der Waals surface area contributed by atoms with Crippen molar-refractivity contribution in [1.82, 2.24) is 0 Å². The van der Waals surface area contributed by atoms with Crippen molar-refractivity contribution < 1.29 is 4.74 Å². The molecule has 220 valence electrons. The van der Waals surface area contributed by atoms with Crippen LogP contribution in [0.15, 0.2) is 121 Å². The van der Waals surface area contributed by atoms with Gasteiger partial charge in [-0.2, -0.15) is 0 Å². The molecule has 6 rings (SSSR count). The molecule has 3 nitrogen and oxygen atoms in total. The number of hydrogen-bond acceptors (Lipinski definition) is 3. The minimum absolute atomic E-state index is 0.0962. The van der Waals surface area contributed by atoms with E-state index in [0.29, 0.717) is 18.4 Å². The normalized spacial score (nSPS) is 19.5. The van der Waals surface area contributed by atoms with Gasteiger partial charge in [0, 0.05) is 34.4 Å². The van der Waals surface area contributed by atoms with E-state index in [1.807, 2.05) is 0 Å². The molecule has 1 aliphatic heterocycles. The van der Waals surface area contributed by atoms with Crippen LogP contribution in [0.5, 0.6) is 0 Å². The monoisotopic (exact) mass is 568 g/mol. The second-order valence-electron chi connectivity index (χ2n) is 13.3. The summed E-state index contributed by atoms with van der Waals surface area (Å²) in [5.41, 5.74) is 9.79. The fourth-order valence-electron chi connectivity index (χ4n) is 6.38. The fraction of sp³-hybridized carbons (Fsp3) is 0.300. The molecule has 3 heteroatoms. The molecule has 0 radical (unpaired) electrons. The summed E-state index contributed by atoms with van der Waals surface area (Å²) in [6.45, 7) is 14.2. The molecule has 0 saturated carbocycles. The lowest BCUT2D eigenvalue weighted by molar-refractivity contribution is 0.133. The second-order valence-corrected chi connectivity index (χ2v) is 13.3. The number of para-hydroxylation sites is 1. The number of anilines is 5. The third-order valence-electron chi connectivity index (χ3n) is 8.79. The number of benzene rings is 4. The topological polar surface area (TPSA) is 15.7 Å². The molecule has 2 aliphatic rings. The van der Waals surface area contributed by atoms with Gasteiger partial charge >= 0.3 is 0 Å². The molecule has 0 N–H and O–H groups in total. The van der Waals surface area contributed by atoms with Crippen molar-refractivity contribution in [2.75, 3.05) is 16.4 Å². The largest absolute Gasteiger partial charge is 0.371 e. The summed E-state index contributed by atoms with van der Waals surface area (Å²) >= 11 is 0. The highest BCUT2D eigenvalue weighted by atomic mass is 16.5. The highest BCUT2D eigenvalue weighted by Gasteiger charge is 2.39. The Hall–Kier alpha value is -4.08. The van der Waals surface area contributed by atoms with Crippen molar-refractivity contribution in [2.45, 2.75) is 65.0 Å². The lowest BCUT2D eigenvalue weighted by Gasteiger charge is -2.35. The molecule has 0 aromatic heterocycles.